The van der Waals surface area contributed by atoms with Crippen LogP contribution in [-0.4, -0.2) is 73.6 Å². The molecule has 0 aliphatic carbocycles. The summed E-state index contributed by atoms with van der Waals surface area (Å²) in [5, 5.41) is 0. The maximum absolute atomic E-state index is 12.6. The zero-order valence-corrected chi connectivity index (χ0v) is 31.4. The third kappa shape index (κ3) is 26.1. The lowest BCUT2D eigenvalue weighted by molar-refractivity contribution is -0.163. The fourth-order valence-corrected chi connectivity index (χ4v) is 5.70. The van der Waals surface area contributed by atoms with E-state index in [0.29, 0.717) is 12.8 Å². The molecule has 11 heteroatoms. The van der Waals surface area contributed by atoms with E-state index in [1.807, 2.05) is 0 Å². The van der Waals surface area contributed by atoms with Gasteiger partial charge in [-0.25, -0.2) is 5.48 Å². The number of nitrogens with one attached hydrogen (secondary N) is 1. The van der Waals surface area contributed by atoms with Gasteiger partial charge in [0.1, 0.15) is 13.2 Å². The second-order valence-corrected chi connectivity index (χ2v) is 13.4. The van der Waals surface area contributed by atoms with Crippen molar-refractivity contribution in [3.8, 4) is 0 Å². The van der Waals surface area contributed by atoms with E-state index >= 15 is 0 Å². The lowest BCUT2D eigenvalue weighted by Crippen LogP contribution is -2.40. The summed E-state index contributed by atoms with van der Waals surface area (Å²) in [6.45, 7) is 3.95. The summed E-state index contributed by atoms with van der Waals surface area (Å²) in [4.78, 5) is 66.0. The van der Waals surface area contributed by atoms with Gasteiger partial charge in [0, 0.05) is 25.0 Å². The van der Waals surface area contributed by atoms with Crippen molar-refractivity contribution in [1.82, 2.24) is 10.4 Å². The summed E-state index contributed by atoms with van der Waals surface area (Å²) in [7, 11) is 0. The van der Waals surface area contributed by atoms with Crippen LogP contribution in [-0.2, 0) is 43.0 Å². The van der Waals surface area contributed by atoms with Crippen LogP contribution in [0.2, 0.25) is 0 Å². The Morgan fingerprint density at radius 3 is 1.52 bits per heavy atom. The molecule has 0 spiro atoms. The second kappa shape index (κ2) is 32.1. The zero-order chi connectivity index (χ0) is 36.5. The number of carbonyl (C=O) groups excluding carboxylic acids is 5. The fraction of sp³-hybridized carbons (Fsp3) is 0.821. The van der Waals surface area contributed by atoms with Crippen LogP contribution in [0.3, 0.4) is 0 Å². The third-order valence-electron chi connectivity index (χ3n) is 8.72. The highest BCUT2D eigenvalue weighted by molar-refractivity contribution is 6.14. The van der Waals surface area contributed by atoms with Crippen LogP contribution >= 0.6 is 0 Å². The molecule has 1 atom stereocenters. The van der Waals surface area contributed by atoms with Crippen molar-refractivity contribution < 1.29 is 43.0 Å². The second-order valence-electron chi connectivity index (χ2n) is 13.4. The normalized spacial score (nSPS) is 13.2. The molecule has 1 heterocycles. The van der Waals surface area contributed by atoms with Crippen molar-refractivity contribution in [2.75, 3.05) is 33.0 Å². The van der Waals surface area contributed by atoms with Crippen molar-refractivity contribution >= 4 is 29.7 Å². The Morgan fingerprint density at radius 1 is 0.600 bits per heavy atom. The maximum atomic E-state index is 12.6. The SMILES string of the molecule is CCCCCCCCCCCCCC(=O)OCC(COCCONC(=O)CN1C(=O)C=CC1=O)OC(=O)CCCCCCCCCCCCC. The summed E-state index contributed by atoms with van der Waals surface area (Å²) in [6.07, 6.45) is 28.3. The Kier molecular flexibility index (Phi) is 29.1. The number of hydrogen-bond acceptors (Lipinski definition) is 9. The van der Waals surface area contributed by atoms with Crippen molar-refractivity contribution in [2.24, 2.45) is 0 Å². The number of hydrogen-bond donors (Lipinski definition) is 1. The average molecular weight is 709 g/mol. The highest BCUT2D eigenvalue weighted by Crippen LogP contribution is 2.14. The number of ether oxygens (including phenoxy) is 3. The molecule has 0 aromatic heterocycles. The van der Waals surface area contributed by atoms with Crippen LogP contribution in [0.15, 0.2) is 12.2 Å². The summed E-state index contributed by atoms with van der Waals surface area (Å²) >= 11 is 0. The van der Waals surface area contributed by atoms with E-state index in [9.17, 15) is 24.0 Å². The molecule has 1 aliphatic heterocycles. The van der Waals surface area contributed by atoms with E-state index in [4.69, 9.17) is 19.0 Å². The van der Waals surface area contributed by atoms with E-state index in [-0.39, 0.29) is 38.4 Å². The van der Waals surface area contributed by atoms with E-state index < -0.39 is 30.4 Å². The van der Waals surface area contributed by atoms with Gasteiger partial charge in [0.25, 0.3) is 17.7 Å². The first-order valence-electron chi connectivity index (χ1n) is 19.7. The van der Waals surface area contributed by atoms with E-state index in [1.165, 1.54) is 103 Å². The number of hydroxylamine groups is 1. The van der Waals surface area contributed by atoms with Crippen molar-refractivity contribution in [3.05, 3.63) is 12.2 Å². The molecule has 1 unspecified atom stereocenters. The molecule has 11 nitrogen and oxygen atoms in total. The van der Waals surface area contributed by atoms with Gasteiger partial charge in [0.2, 0.25) is 0 Å². The van der Waals surface area contributed by atoms with Crippen molar-refractivity contribution in [1.29, 1.82) is 0 Å². The Hall–Kier alpha value is -2.79. The summed E-state index contributed by atoms with van der Waals surface area (Å²) < 4.78 is 16.7. The number of rotatable bonds is 35. The first-order valence-corrected chi connectivity index (χ1v) is 19.7. The number of carbonyl (C=O) groups is 5. The van der Waals surface area contributed by atoms with Gasteiger partial charge in [0.15, 0.2) is 6.10 Å². The van der Waals surface area contributed by atoms with E-state index in [0.717, 1.165) is 55.6 Å². The Labute approximate surface area is 301 Å². The number of nitrogens with zero attached hydrogens (tertiary/aromatic N) is 1. The van der Waals surface area contributed by atoms with Crippen molar-refractivity contribution in [3.63, 3.8) is 0 Å². The summed E-state index contributed by atoms with van der Waals surface area (Å²) in [5.41, 5.74) is 2.17. The van der Waals surface area contributed by atoms with E-state index in [1.54, 1.807) is 0 Å². The molecule has 0 aromatic carbocycles. The Bertz CT molecular complexity index is 938. The first-order chi connectivity index (χ1) is 24.4. The van der Waals surface area contributed by atoms with Gasteiger partial charge < -0.3 is 14.2 Å². The van der Waals surface area contributed by atoms with Crippen LogP contribution in [0, 0.1) is 0 Å². The minimum absolute atomic E-state index is 0.00449. The van der Waals surface area contributed by atoms with Crippen LogP contribution < -0.4 is 5.48 Å². The molecule has 50 heavy (non-hydrogen) atoms. The molecular formula is C39H68N2O9. The highest BCUT2D eigenvalue weighted by Gasteiger charge is 2.25. The van der Waals surface area contributed by atoms with Gasteiger partial charge in [-0.2, -0.15) is 0 Å². The Morgan fingerprint density at radius 2 is 1.04 bits per heavy atom. The number of amides is 3. The predicted molar refractivity (Wildman–Crippen MR) is 194 cm³/mol. The molecular weight excluding hydrogens is 640 g/mol. The minimum atomic E-state index is -0.759. The van der Waals surface area contributed by atoms with Gasteiger partial charge in [-0.3, -0.25) is 33.7 Å². The number of imide groups is 1. The standard InChI is InChI=1S/C39H68N2O9/c1-3-5-7-9-11-13-15-17-19-21-23-25-38(45)48-33-34(50-39(46)26-24-22-20-18-16-14-12-10-8-6-4-2)32-47-29-30-49-40-35(42)31-41-36(43)27-28-37(41)44/h27-28,34H,3-26,29-33H2,1-2H3,(H,40,42). The summed E-state index contributed by atoms with van der Waals surface area (Å²) in [6, 6.07) is 0. The smallest absolute Gasteiger partial charge is 0.306 e. The Balaban J connectivity index is 2.29. The van der Waals surface area contributed by atoms with Gasteiger partial charge in [-0.05, 0) is 12.8 Å². The monoisotopic (exact) mass is 708 g/mol. The lowest BCUT2D eigenvalue weighted by atomic mass is 10.1. The molecule has 0 bridgehead atoms. The van der Waals surface area contributed by atoms with Gasteiger partial charge >= 0.3 is 11.9 Å². The largest absolute Gasteiger partial charge is 0.462 e. The maximum Gasteiger partial charge on any atom is 0.306 e. The first kappa shape index (κ1) is 45.2. The molecule has 288 valence electrons. The zero-order valence-electron chi connectivity index (χ0n) is 31.4. The molecule has 0 aromatic rings. The fourth-order valence-electron chi connectivity index (χ4n) is 5.70. The molecule has 1 rings (SSSR count). The lowest BCUT2D eigenvalue weighted by Gasteiger charge is -2.18. The molecule has 1 aliphatic rings. The average Bonchev–Trinajstić information content (AvgIpc) is 3.41. The molecule has 1 N–H and O–H groups in total. The minimum Gasteiger partial charge on any atom is -0.462 e. The van der Waals surface area contributed by atoms with Crippen LogP contribution in [0.1, 0.15) is 168 Å². The van der Waals surface area contributed by atoms with Crippen molar-refractivity contribution in [2.45, 2.75) is 174 Å². The molecule has 0 saturated carbocycles. The predicted octanol–water partition coefficient (Wildman–Crippen LogP) is 7.83. The third-order valence-corrected chi connectivity index (χ3v) is 8.72. The molecule has 0 radical (unpaired) electrons. The van der Waals surface area contributed by atoms with Crippen LogP contribution in [0.5, 0.6) is 0 Å². The number of esters is 2. The molecule has 3 amide bonds. The van der Waals surface area contributed by atoms with Gasteiger partial charge in [0.05, 0.1) is 19.8 Å². The quantitative estimate of drug-likeness (QED) is 0.0302. The molecule has 0 saturated heterocycles. The van der Waals surface area contributed by atoms with Gasteiger partial charge in [-0.15, -0.1) is 0 Å². The van der Waals surface area contributed by atoms with Gasteiger partial charge in [-0.1, -0.05) is 142 Å². The number of unbranched alkanes of at least 4 members (excludes halogenated alkanes) is 20. The van der Waals surface area contributed by atoms with Crippen LogP contribution in [0.4, 0.5) is 0 Å². The van der Waals surface area contributed by atoms with Crippen LogP contribution in [0.25, 0.3) is 0 Å². The van der Waals surface area contributed by atoms with E-state index in [2.05, 4.69) is 19.3 Å². The molecule has 0 fully saturated rings. The highest BCUT2D eigenvalue weighted by atomic mass is 16.7. The topological polar surface area (TPSA) is 138 Å². The summed E-state index contributed by atoms with van der Waals surface area (Å²) in [5.74, 6) is -2.44.